The van der Waals surface area contributed by atoms with Gasteiger partial charge in [0.05, 0.1) is 27.9 Å². The first-order valence-corrected chi connectivity index (χ1v) is 9.49. The van der Waals surface area contributed by atoms with Gasteiger partial charge >= 0.3 is 0 Å². The number of aromatic nitrogens is 6. The maximum absolute atomic E-state index is 13.8. The van der Waals surface area contributed by atoms with Gasteiger partial charge in [0.1, 0.15) is 28.2 Å². The fourth-order valence-corrected chi connectivity index (χ4v) is 3.72. The number of fused-ring (bicyclic) bond motifs is 2. The third kappa shape index (κ3) is 2.87. The highest BCUT2D eigenvalue weighted by Crippen LogP contribution is 2.23. The van der Waals surface area contributed by atoms with E-state index in [1.807, 2.05) is 0 Å². The summed E-state index contributed by atoms with van der Waals surface area (Å²) >= 11 is 12.0. The van der Waals surface area contributed by atoms with Gasteiger partial charge in [-0.25, -0.2) is 24.3 Å². The van der Waals surface area contributed by atoms with Crippen LogP contribution in [-0.2, 0) is 0 Å². The van der Waals surface area contributed by atoms with E-state index in [1.165, 1.54) is 35.4 Å². The highest BCUT2D eigenvalue weighted by Gasteiger charge is 2.22. The van der Waals surface area contributed by atoms with Crippen LogP contribution in [0.15, 0.2) is 59.9 Å². The van der Waals surface area contributed by atoms with E-state index in [-0.39, 0.29) is 21.6 Å². The molecule has 0 spiro atoms. The van der Waals surface area contributed by atoms with Crippen LogP contribution in [0.25, 0.3) is 27.8 Å². The lowest BCUT2D eigenvalue weighted by Gasteiger charge is -2.15. The van der Waals surface area contributed by atoms with E-state index in [0.29, 0.717) is 27.6 Å². The average molecular weight is 437 g/mol. The molecule has 0 bridgehead atoms. The monoisotopic (exact) mass is 436 g/mol. The molecule has 2 aromatic carbocycles. The Labute approximate surface area is 178 Å². The number of thiocarbonyl (C=S) groups is 1. The minimum atomic E-state index is -0.514. The summed E-state index contributed by atoms with van der Waals surface area (Å²) < 4.78 is 15.2. The molecule has 10 heteroatoms. The number of rotatable bonds is 3. The minimum absolute atomic E-state index is 0.107. The summed E-state index contributed by atoms with van der Waals surface area (Å²) in [5, 5.41) is 0.568. The Morgan fingerprint density at radius 3 is 2.80 bits per heavy atom. The quantitative estimate of drug-likeness (QED) is 0.343. The van der Waals surface area contributed by atoms with Gasteiger partial charge in [-0.3, -0.25) is 9.36 Å². The highest BCUT2D eigenvalue weighted by molar-refractivity contribution is 7.81. The number of nitrogens with one attached hydrogen (secondary N) is 1. The molecule has 0 saturated heterocycles. The zero-order valence-corrected chi connectivity index (χ0v) is 16.6. The second-order valence-corrected chi connectivity index (χ2v) is 7.16. The van der Waals surface area contributed by atoms with Gasteiger partial charge in [0.2, 0.25) is 0 Å². The van der Waals surface area contributed by atoms with Crippen LogP contribution in [0.3, 0.4) is 0 Å². The highest BCUT2D eigenvalue weighted by atomic mass is 35.5. The molecule has 3 aromatic heterocycles. The van der Waals surface area contributed by atoms with E-state index in [9.17, 15) is 9.18 Å². The molecule has 0 atom stereocenters. The van der Waals surface area contributed by atoms with Crippen molar-refractivity contribution in [3.63, 3.8) is 0 Å². The second-order valence-electron chi connectivity index (χ2n) is 6.34. The number of para-hydroxylation sites is 1. The first kappa shape index (κ1) is 18.5. The molecule has 0 aliphatic heterocycles. The second kappa shape index (κ2) is 7.05. The standard InChI is InChI=1S/C20H10ClFN6OS/c21-12-3-1-2-4-14(12)28-19(27-13-7-10(22)5-6-11(13)20(28)29)17(30)15-16-18(25-8-23-15)26-9-24-16/h1-9H,(H,23,24,25,26). The zero-order chi connectivity index (χ0) is 20.8. The van der Waals surface area contributed by atoms with Crippen LogP contribution < -0.4 is 5.56 Å². The lowest BCUT2D eigenvalue weighted by Crippen LogP contribution is -2.27. The fourth-order valence-electron chi connectivity index (χ4n) is 3.21. The van der Waals surface area contributed by atoms with Gasteiger partial charge in [0, 0.05) is 6.07 Å². The molecule has 5 rings (SSSR count). The van der Waals surface area contributed by atoms with E-state index in [0.717, 1.165) is 0 Å². The Morgan fingerprint density at radius 2 is 1.97 bits per heavy atom. The van der Waals surface area contributed by atoms with E-state index >= 15 is 0 Å². The summed E-state index contributed by atoms with van der Waals surface area (Å²) in [5.74, 6) is -0.407. The Balaban J connectivity index is 1.87. The molecule has 0 unspecified atom stereocenters. The first-order valence-electron chi connectivity index (χ1n) is 8.70. The molecular formula is C20H10ClFN6OS. The fraction of sp³-hybridized carbons (Fsp3) is 0. The summed E-state index contributed by atoms with van der Waals surface area (Å²) in [6.07, 6.45) is 2.79. The number of benzene rings is 2. The molecule has 0 fully saturated rings. The number of aromatic amines is 1. The summed E-state index contributed by atoms with van der Waals surface area (Å²) in [4.78, 5) is 33.4. The third-order valence-corrected chi connectivity index (χ3v) is 5.26. The van der Waals surface area contributed by atoms with Crippen LogP contribution >= 0.6 is 23.8 Å². The van der Waals surface area contributed by atoms with Gasteiger partial charge in [-0.2, -0.15) is 0 Å². The molecule has 5 aromatic rings. The van der Waals surface area contributed by atoms with Crippen molar-refractivity contribution in [1.82, 2.24) is 29.5 Å². The van der Waals surface area contributed by atoms with Crippen molar-refractivity contribution >= 4 is 50.8 Å². The number of H-pyrrole nitrogens is 1. The van der Waals surface area contributed by atoms with E-state index < -0.39 is 11.4 Å². The SMILES string of the molecule is O=c1c2ccc(F)cc2nc(C(=S)c2ncnc3nc[nH]c23)n1-c1ccccc1Cl. The molecule has 3 heterocycles. The third-order valence-electron chi connectivity index (χ3n) is 4.57. The number of halogens is 2. The van der Waals surface area contributed by atoms with Gasteiger partial charge in [-0.1, -0.05) is 36.0 Å². The van der Waals surface area contributed by atoms with Crippen LogP contribution in [0.2, 0.25) is 5.02 Å². The van der Waals surface area contributed by atoms with Crippen LogP contribution in [0.5, 0.6) is 0 Å². The summed E-state index contributed by atoms with van der Waals surface area (Å²) in [6.45, 7) is 0. The predicted octanol–water partition coefficient (Wildman–Crippen LogP) is 3.61. The van der Waals surface area contributed by atoms with Crippen molar-refractivity contribution in [2.75, 3.05) is 0 Å². The maximum Gasteiger partial charge on any atom is 0.266 e. The summed E-state index contributed by atoms with van der Waals surface area (Å²) in [7, 11) is 0. The smallest absolute Gasteiger partial charge is 0.266 e. The van der Waals surface area contributed by atoms with Gasteiger partial charge < -0.3 is 4.98 Å². The van der Waals surface area contributed by atoms with Crippen LogP contribution in [-0.4, -0.2) is 34.4 Å². The van der Waals surface area contributed by atoms with Crippen molar-refractivity contribution in [3.8, 4) is 5.69 Å². The van der Waals surface area contributed by atoms with E-state index in [1.54, 1.807) is 24.3 Å². The van der Waals surface area contributed by atoms with Crippen molar-refractivity contribution < 1.29 is 4.39 Å². The molecule has 0 aliphatic carbocycles. The van der Waals surface area contributed by atoms with Gasteiger partial charge in [-0.15, -0.1) is 0 Å². The average Bonchev–Trinajstić information content (AvgIpc) is 3.23. The van der Waals surface area contributed by atoms with E-state index in [4.69, 9.17) is 23.8 Å². The number of hydrogen-bond donors (Lipinski definition) is 1. The summed E-state index contributed by atoms with van der Waals surface area (Å²) in [6, 6.07) is 10.6. The predicted molar refractivity (Wildman–Crippen MR) is 115 cm³/mol. The Morgan fingerprint density at radius 1 is 1.13 bits per heavy atom. The largest absolute Gasteiger partial charge is 0.341 e. The maximum atomic E-state index is 13.8. The van der Waals surface area contributed by atoms with E-state index in [2.05, 4.69) is 24.9 Å². The molecular weight excluding hydrogens is 427 g/mol. The number of nitrogens with zero attached hydrogens (tertiary/aromatic N) is 5. The minimum Gasteiger partial charge on any atom is -0.341 e. The van der Waals surface area contributed by atoms with Gasteiger partial charge in [0.15, 0.2) is 11.5 Å². The summed E-state index contributed by atoms with van der Waals surface area (Å²) in [5.41, 5.74) is 1.41. The zero-order valence-electron chi connectivity index (χ0n) is 15.0. The topological polar surface area (TPSA) is 89.3 Å². The molecule has 7 nitrogen and oxygen atoms in total. The Bertz CT molecular complexity index is 1530. The molecule has 146 valence electrons. The molecule has 0 aliphatic rings. The molecule has 0 amide bonds. The lowest BCUT2D eigenvalue weighted by atomic mass is 10.2. The Hall–Kier alpha value is -3.56. The van der Waals surface area contributed by atoms with Crippen molar-refractivity contribution in [1.29, 1.82) is 0 Å². The van der Waals surface area contributed by atoms with Gasteiger partial charge in [0.25, 0.3) is 5.56 Å². The van der Waals surface area contributed by atoms with Crippen LogP contribution in [0.1, 0.15) is 11.5 Å². The molecule has 0 saturated carbocycles. The molecule has 1 N–H and O–H groups in total. The van der Waals surface area contributed by atoms with Crippen molar-refractivity contribution in [2.45, 2.75) is 0 Å². The lowest BCUT2D eigenvalue weighted by molar-refractivity contribution is 0.629. The van der Waals surface area contributed by atoms with Crippen molar-refractivity contribution in [3.05, 3.63) is 87.8 Å². The van der Waals surface area contributed by atoms with Crippen LogP contribution in [0, 0.1) is 5.82 Å². The first-order chi connectivity index (χ1) is 14.5. The number of hydrogen-bond acceptors (Lipinski definition) is 6. The van der Waals surface area contributed by atoms with Crippen LogP contribution in [0.4, 0.5) is 4.39 Å². The normalized spacial score (nSPS) is 11.3. The van der Waals surface area contributed by atoms with Gasteiger partial charge in [-0.05, 0) is 24.3 Å². The van der Waals surface area contributed by atoms with Crippen molar-refractivity contribution in [2.24, 2.45) is 0 Å². The molecule has 30 heavy (non-hydrogen) atoms. The number of imidazole rings is 1. The molecule has 0 radical (unpaired) electrons. The Kier molecular flexibility index (Phi) is 4.34.